The van der Waals surface area contributed by atoms with Gasteiger partial charge in [-0.25, -0.2) is 4.99 Å². The van der Waals surface area contributed by atoms with E-state index in [0.29, 0.717) is 19.8 Å². The van der Waals surface area contributed by atoms with Crippen LogP contribution in [0.25, 0.3) is 10.9 Å². The smallest absolute Gasteiger partial charge is 0.265 e. The maximum absolute atomic E-state index is 12.0. The Hall–Kier alpha value is -4.25. The second-order valence-corrected chi connectivity index (χ2v) is 10.4. The molecule has 0 saturated carbocycles. The van der Waals surface area contributed by atoms with Gasteiger partial charge in [0, 0.05) is 66.4 Å². The molecule has 3 aromatic carbocycles. The number of para-hydroxylation sites is 1. The third-order valence-corrected chi connectivity index (χ3v) is 7.30. The van der Waals surface area contributed by atoms with Crippen LogP contribution in [0.3, 0.4) is 0 Å². The Bertz CT molecular complexity index is 1540. The Labute approximate surface area is 239 Å². The van der Waals surface area contributed by atoms with Crippen LogP contribution in [0, 0.1) is 0 Å². The van der Waals surface area contributed by atoms with Gasteiger partial charge in [0.2, 0.25) is 5.91 Å². The van der Waals surface area contributed by atoms with Crippen LogP contribution in [-0.4, -0.2) is 67.7 Å². The number of anilines is 3. The van der Waals surface area contributed by atoms with Crippen molar-refractivity contribution in [2.45, 2.75) is 25.1 Å². The normalized spacial score (nSPS) is 16.9. The number of fused-ring (bicyclic) bond motifs is 2. The summed E-state index contributed by atoms with van der Waals surface area (Å²) in [7, 11) is 3.73. The van der Waals surface area contributed by atoms with E-state index < -0.39 is 5.85 Å². The molecule has 2 heterocycles. The number of aliphatic imine (C=N–C) groups is 1. The van der Waals surface area contributed by atoms with E-state index in [1.807, 2.05) is 80.8 Å². The first-order valence-electron chi connectivity index (χ1n) is 13.7. The van der Waals surface area contributed by atoms with Crippen LogP contribution >= 0.6 is 0 Å². The number of likely N-dealkylation sites (N-methyl/N-ethyl adjacent to an activating group) is 1. The number of H-pyrrole nitrogens is 1. The first kappa shape index (κ1) is 28.3. The molecular weight excluding hydrogens is 518 g/mol. The lowest BCUT2D eigenvalue weighted by Crippen LogP contribution is -2.42. The van der Waals surface area contributed by atoms with Gasteiger partial charge in [-0.05, 0) is 54.9 Å². The number of hydrogen-bond acceptors (Lipinski definition) is 8. The van der Waals surface area contributed by atoms with Crippen molar-refractivity contribution in [3.63, 3.8) is 0 Å². The van der Waals surface area contributed by atoms with Crippen LogP contribution < -0.4 is 16.4 Å². The SMILES string of the molecule is COCCN(C)CCOC1(c2cc(Nc3ccc4[nH]ncc4c3)ccc2C(C)CC(N)=O)N=Cc2ccccc2N1. The summed E-state index contributed by atoms with van der Waals surface area (Å²) in [5.74, 6) is -1.73. The molecule has 5 N–H and O–H groups in total. The summed E-state index contributed by atoms with van der Waals surface area (Å²) in [6.07, 6.45) is 3.84. The number of aromatic nitrogens is 2. The Morgan fingerprint density at radius 2 is 1.88 bits per heavy atom. The molecular formula is C31H37N7O3. The Morgan fingerprint density at radius 1 is 1.10 bits per heavy atom. The highest BCUT2D eigenvalue weighted by Crippen LogP contribution is 2.40. The molecule has 214 valence electrons. The third-order valence-electron chi connectivity index (χ3n) is 7.30. The van der Waals surface area contributed by atoms with Crippen LogP contribution in [0.15, 0.2) is 71.9 Å². The zero-order chi connectivity index (χ0) is 28.8. The van der Waals surface area contributed by atoms with Crippen LogP contribution in [0.1, 0.15) is 36.0 Å². The van der Waals surface area contributed by atoms with Crippen LogP contribution in [0.4, 0.5) is 17.1 Å². The molecule has 1 aliphatic heterocycles. The maximum Gasteiger partial charge on any atom is 0.265 e. The zero-order valence-electron chi connectivity index (χ0n) is 23.7. The number of carbonyl (C=O) groups excluding carboxylic acids is 1. The molecule has 2 unspecified atom stereocenters. The van der Waals surface area contributed by atoms with E-state index >= 15 is 0 Å². The number of aromatic amines is 1. The van der Waals surface area contributed by atoms with E-state index in [2.05, 4.69) is 25.7 Å². The molecule has 0 spiro atoms. The summed E-state index contributed by atoms with van der Waals surface area (Å²) in [6, 6.07) is 20.1. The van der Waals surface area contributed by atoms with Crippen molar-refractivity contribution in [2.24, 2.45) is 10.7 Å². The van der Waals surface area contributed by atoms with Crippen molar-refractivity contribution in [3.8, 4) is 0 Å². The van der Waals surface area contributed by atoms with Gasteiger partial charge in [-0.3, -0.25) is 9.89 Å². The van der Waals surface area contributed by atoms with Gasteiger partial charge in [0.1, 0.15) is 0 Å². The number of amides is 1. The van der Waals surface area contributed by atoms with Gasteiger partial charge in [0.25, 0.3) is 5.85 Å². The highest BCUT2D eigenvalue weighted by atomic mass is 16.5. The quantitative estimate of drug-likeness (QED) is 0.191. The summed E-state index contributed by atoms with van der Waals surface area (Å²) in [6.45, 7) is 4.51. The number of nitrogens with two attached hydrogens (primary N) is 1. The molecule has 0 radical (unpaired) electrons. The first-order chi connectivity index (χ1) is 19.9. The highest BCUT2D eigenvalue weighted by molar-refractivity contribution is 5.90. The minimum atomic E-state index is -1.22. The average Bonchev–Trinajstić information content (AvgIpc) is 3.43. The van der Waals surface area contributed by atoms with E-state index in [4.69, 9.17) is 20.2 Å². The summed E-state index contributed by atoms with van der Waals surface area (Å²) < 4.78 is 11.9. The maximum atomic E-state index is 12.0. The van der Waals surface area contributed by atoms with Gasteiger partial charge < -0.3 is 30.7 Å². The molecule has 1 amide bonds. The van der Waals surface area contributed by atoms with E-state index in [9.17, 15) is 4.79 Å². The lowest BCUT2D eigenvalue weighted by atomic mass is 9.89. The number of primary amides is 1. The zero-order valence-corrected chi connectivity index (χ0v) is 23.7. The fourth-order valence-corrected chi connectivity index (χ4v) is 5.05. The average molecular weight is 556 g/mol. The monoisotopic (exact) mass is 555 g/mol. The summed E-state index contributed by atoms with van der Waals surface area (Å²) in [5, 5.41) is 15.2. The number of hydrogen-bond donors (Lipinski definition) is 4. The fraction of sp³-hybridized carbons (Fsp3) is 0.323. The number of ether oxygens (including phenoxy) is 2. The second kappa shape index (κ2) is 12.5. The lowest BCUT2D eigenvalue weighted by Gasteiger charge is -2.37. The Balaban J connectivity index is 1.54. The van der Waals surface area contributed by atoms with E-state index in [-0.39, 0.29) is 18.2 Å². The minimum absolute atomic E-state index is 0.155. The molecule has 4 aromatic rings. The number of nitrogens with one attached hydrogen (secondary N) is 3. The predicted octanol–water partition coefficient (Wildman–Crippen LogP) is 4.54. The molecule has 0 fully saturated rings. The minimum Gasteiger partial charge on any atom is -0.383 e. The van der Waals surface area contributed by atoms with Gasteiger partial charge >= 0.3 is 0 Å². The van der Waals surface area contributed by atoms with Crippen molar-refractivity contribution >= 4 is 40.1 Å². The summed E-state index contributed by atoms with van der Waals surface area (Å²) in [5.41, 5.74) is 12.0. The molecule has 2 atom stereocenters. The van der Waals surface area contributed by atoms with Crippen molar-refractivity contribution in [3.05, 3.63) is 83.6 Å². The Kier molecular flexibility index (Phi) is 8.63. The largest absolute Gasteiger partial charge is 0.383 e. The topological polar surface area (TPSA) is 130 Å². The van der Waals surface area contributed by atoms with E-state index in [0.717, 1.165) is 51.2 Å². The van der Waals surface area contributed by atoms with Gasteiger partial charge in [-0.15, -0.1) is 0 Å². The van der Waals surface area contributed by atoms with Gasteiger partial charge in [-0.1, -0.05) is 31.2 Å². The van der Waals surface area contributed by atoms with Crippen LogP contribution in [0.5, 0.6) is 0 Å². The molecule has 5 rings (SSSR count). The molecule has 1 aromatic heterocycles. The number of benzene rings is 3. The standard InChI is InChI=1S/C31H37N7O3/c1-21(16-30(32)39)26-10-8-25(35-24-9-11-29-23(17-24)20-34-37-29)18-27(26)31(41-15-13-38(2)12-14-40-3)33-19-22-6-4-5-7-28(22)36-31/h4-11,17-21,35-36H,12-16H2,1-3H3,(H2,32,39)(H,34,37). The van der Waals surface area contributed by atoms with Gasteiger partial charge in [0.05, 0.1) is 24.9 Å². The molecule has 1 aliphatic rings. The van der Waals surface area contributed by atoms with E-state index in [1.165, 1.54) is 0 Å². The number of rotatable bonds is 13. The predicted molar refractivity (Wildman–Crippen MR) is 163 cm³/mol. The lowest BCUT2D eigenvalue weighted by molar-refractivity contribution is -0.118. The van der Waals surface area contributed by atoms with Crippen molar-refractivity contribution < 1.29 is 14.3 Å². The number of methoxy groups -OCH3 is 1. The highest BCUT2D eigenvalue weighted by Gasteiger charge is 2.38. The third kappa shape index (κ3) is 6.57. The number of carbonyl (C=O) groups is 1. The summed E-state index contributed by atoms with van der Waals surface area (Å²) in [4.78, 5) is 19.1. The fourth-order valence-electron chi connectivity index (χ4n) is 5.05. The molecule has 10 nitrogen and oxygen atoms in total. The summed E-state index contributed by atoms with van der Waals surface area (Å²) >= 11 is 0. The van der Waals surface area contributed by atoms with Crippen molar-refractivity contribution in [1.82, 2.24) is 15.1 Å². The van der Waals surface area contributed by atoms with Gasteiger partial charge in [0.15, 0.2) is 0 Å². The van der Waals surface area contributed by atoms with Crippen molar-refractivity contribution in [1.29, 1.82) is 0 Å². The van der Waals surface area contributed by atoms with Gasteiger partial charge in [-0.2, -0.15) is 5.10 Å². The molecule has 0 bridgehead atoms. The number of nitrogens with zero attached hydrogens (tertiary/aromatic N) is 3. The molecule has 41 heavy (non-hydrogen) atoms. The first-order valence-corrected chi connectivity index (χ1v) is 13.7. The van der Waals surface area contributed by atoms with Crippen LogP contribution in [-0.2, 0) is 20.1 Å². The Morgan fingerprint density at radius 3 is 2.71 bits per heavy atom. The second-order valence-electron chi connectivity index (χ2n) is 10.4. The molecule has 10 heteroatoms. The van der Waals surface area contributed by atoms with Crippen LogP contribution in [0.2, 0.25) is 0 Å². The van der Waals surface area contributed by atoms with Crippen molar-refractivity contribution in [2.75, 3.05) is 51.1 Å². The van der Waals surface area contributed by atoms with E-state index in [1.54, 1.807) is 13.3 Å². The molecule has 0 aliphatic carbocycles. The molecule has 0 saturated heterocycles.